The van der Waals surface area contributed by atoms with Crippen molar-refractivity contribution in [3.05, 3.63) is 22.7 Å². The molecule has 0 aromatic heterocycles. The molecule has 0 bridgehead atoms. The van der Waals surface area contributed by atoms with Gasteiger partial charge in [0.1, 0.15) is 0 Å². The fraction of sp³-hybridized carbons (Fsp3) is 0.412. The minimum atomic E-state index is -4.81. The second-order valence-corrected chi connectivity index (χ2v) is 5.89. The van der Waals surface area contributed by atoms with Crippen molar-refractivity contribution < 1.29 is 41.8 Å². The number of halogens is 4. The van der Waals surface area contributed by atoms with Gasteiger partial charge in [-0.25, -0.2) is 0 Å². The molecule has 1 aromatic carbocycles. The molecule has 0 saturated carbocycles. The number of carbonyl (C=O) groups excluding carboxylic acids is 4. The van der Waals surface area contributed by atoms with Crippen LogP contribution in [-0.4, -0.2) is 37.0 Å². The number of alkyl halides is 3. The van der Waals surface area contributed by atoms with Crippen LogP contribution in [0.5, 0.6) is 0 Å². The molecule has 0 spiro atoms. The summed E-state index contributed by atoms with van der Waals surface area (Å²) in [4.78, 5) is 45.8. The van der Waals surface area contributed by atoms with Crippen molar-refractivity contribution in [1.29, 1.82) is 0 Å². The van der Waals surface area contributed by atoms with E-state index in [1.54, 1.807) is 0 Å². The van der Waals surface area contributed by atoms with Crippen LogP contribution in [0.4, 0.5) is 24.5 Å². The highest BCUT2D eigenvalue weighted by molar-refractivity contribution is 6.37. The summed E-state index contributed by atoms with van der Waals surface area (Å²) in [7, 11) is 0. The third-order valence-electron chi connectivity index (χ3n) is 3.25. The maximum absolute atomic E-state index is 13.1. The van der Waals surface area contributed by atoms with E-state index in [1.807, 2.05) is 0 Å². The predicted octanol–water partition coefficient (Wildman–Crippen LogP) is 3.14. The molecule has 12 heteroatoms. The average molecular weight is 439 g/mol. The van der Waals surface area contributed by atoms with Gasteiger partial charge in [0.15, 0.2) is 13.2 Å². The van der Waals surface area contributed by atoms with Crippen LogP contribution in [0.1, 0.15) is 32.3 Å². The summed E-state index contributed by atoms with van der Waals surface area (Å²) in [6.45, 7) is 1.54. The number of carbonyl (C=O) groups is 4. The van der Waals surface area contributed by atoms with Crippen LogP contribution in [0.15, 0.2) is 12.1 Å². The van der Waals surface area contributed by atoms with Crippen LogP contribution in [0.25, 0.3) is 0 Å². The van der Waals surface area contributed by atoms with Crippen molar-refractivity contribution in [1.82, 2.24) is 0 Å². The molecule has 2 amide bonds. The lowest BCUT2D eigenvalue weighted by atomic mass is 10.1. The van der Waals surface area contributed by atoms with Crippen molar-refractivity contribution in [2.75, 3.05) is 23.8 Å². The highest BCUT2D eigenvalue weighted by Crippen LogP contribution is 2.38. The van der Waals surface area contributed by atoms with Crippen LogP contribution in [0.2, 0.25) is 5.02 Å². The third-order valence-corrected chi connectivity index (χ3v) is 3.66. The Morgan fingerprint density at radius 3 is 1.59 bits per heavy atom. The molecule has 160 valence electrons. The first-order chi connectivity index (χ1) is 13.5. The number of hydrogen-bond donors (Lipinski definition) is 2. The van der Waals surface area contributed by atoms with Crippen LogP contribution in [0, 0.1) is 0 Å². The zero-order chi connectivity index (χ0) is 22.2. The van der Waals surface area contributed by atoms with E-state index in [0.29, 0.717) is 12.1 Å². The second kappa shape index (κ2) is 10.6. The Bertz CT molecular complexity index is 743. The van der Waals surface area contributed by atoms with Crippen molar-refractivity contribution in [3.63, 3.8) is 0 Å². The summed E-state index contributed by atoms with van der Waals surface area (Å²) in [5.41, 5.74) is -2.12. The lowest BCUT2D eigenvalue weighted by molar-refractivity contribution is -0.147. The zero-order valence-electron chi connectivity index (χ0n) is 15.4. The largest absolute Gasteiger partial charge is 0.456 e. The molecule has 0 saturated heterocycles. The summed E-state index contributed by atoms with van der Waals surface area (Å²) in [5.74, 6) is -3.21. The molecule has 0 radical (unpaired) electrons. The van der Waals surface area contributed by atoms with Gasteiger partial charge in [0.25, 0.3) is 11.8 Å². The monoisotopic (exact) mass is 438 g/mol. The minimum Gasteiger partial charge on any atom is -0.456 e. The fourth-order valence-electron chi connectivity index (χ4n) is 1.84. The molecule has 8 nitrogen and oxygen atoms in total. The van der Waals surface area contributed by atoms with Crippen LogP contribution < -0.4 is 10.6 Å². The average Bonchev–Trinajstić information content (AvgIpc) is 2.66. The van der Waals surface area contributed by atoms with Gasteiger partial charge < -0.3 is 20.1 Å². The van der Waals surface area contributed by atoms with E-state index >= 15 is 0 Å². The molecule has 0 aliphatic carbocycles. The molecular formula is C17H18ClF3N2O6. The molecule has 0 aliphatic rings. The van der Waals surface area contributed by atoms with E-state index in [0.717, 1.165) is 0 Å². The highest BCUT2D eigenvalue weighted by Gasteiger charge is 2.32. The molecule has 0 atom stereocenters. The number of hydrogen-bond acceptors (Lipinski definition) is 6. The van der Waals surface area contributed by atoms with E-state index in [1.165, 1.54) is 13.8 Å². The first kappa shape index (κ1) is 24.2. The zero-order valence-corrected chi connectivity index (χ0v) is 16.2. The number of ether oxygens (including phenoxy) is 2. The van der Waals surface area contributed by atoms with Crippen LogP contribution >= 0.6 is 11.6 Å². The van der Waals surface area contributed by atoms with Gasteiger partial charge in [-0.1, -0.05) is 25.4 Å². The Hall–Kier alpha value is -2.82. The Morgan fingerprint density at radius 1 is 0.897 bits per heavy atom. The van der Waals surface area contributed by atoms with Crippen molar-refractivity contribution >= 4 is 46.7 Å². The van der Waals surface area contributed by atoms with Gasteiger partial charge in [0, 0.05) is 12.8 Å². The summed E-state index contributed by atoms with van der Waals surface area (Å²) < 4.78 is 48.6. The number of esters is 2. The third kappa shape index (κ3) is 7.98. The first-order valence-corrected chi connectivity index (χ1v) is 8.67. The summed E-state index contributed by atoms with van der Waals surface area (Å²) in [6.07, 6.45) is -4.79. The number of anilines is 2. The van der Waals surface area contributed by atoms with Crippen LogP contribution in [-0.2, 0) is 34.8 Å². The standard InChI is InChI=1S/C17H18ClF3N2O6/c1-3-14(26)28-7-12(24)22-10-5-9(17(19,20)21)6-11(16(10)18)23-13(25)8-29-15(27)4-2/h5-6H,3-4,7-8H2,1-2H3,(H,22,24)(H,23,25). The Kier molecular flexibility index (Phi) is 8.89. The van der Waals surface area contributed by atoms with Crippen molar-refractivity contribution in [2.45, 2.75) is 32.9 Å². The summed E-state index contributed by atoms with van der Waals surface area (Å²) in [5, 5.41) is 3.78. The normalized spacial score (nSPS) is 10.8. The van der Waals surface area contributed by atoms with Gasteiger partial charge in [-0.3, -0.25) is 19.2 Å². The summed E-state index contributed by atoms with van der Waals surface area (Å²) in [6, 6.07) is 1.13. The minimum absolute atomic E-state index is 0.0103. The first-order valence-electron chi connectivity index (χ1n) is 8.29. The molecule has 0 aliphatic heterocycles. The maximum atomic E-state index is 13.1. The number of rotatable bonds is 8. The van der Waals surface area contributed by atoms with E-state index < -0.39 is 65.1 Å². The number of amides is 2. The summed E-state index contributed by atoms with van der Waals surface area (Å²) >= 11 is 5.99. The molecular weight excluding hydrogens is 421 g/mol. The predicted molar refractivity (Wildman–Crippen MR) is 96.2 cm³/mol. The Morgan fingerprint density at radius 2 is 1.28 bits per heavy atom. The lowest BCUT2D eigenvalue weighted by Gasteiger charge is -2.16. The van der Waals surface area contributed by atoms with Crippen LogP contribution in [0.3, 0.4) is 0 Å². The smallest absolute Gasteiger partial charge is 0.416 e. The van der Waals surface area contributed by atoms with Gasteiger partial charge in [0.05, 0.1) is 22.0 Å². The van der Waals surface area contributed by atoms with Gasteiger partial charge in [-0.2, -0.15) is 13.2 Å². The fourth-order valence-corrected chi connectivity index (χ4v) is 2.04. The molecule has 1 aromatic rings. The number of nitrogens with one attached hydrogen (secondary N) is 2. The van der Waals surface area contributed by atoms with Gasteiger partial charge >= 0.3 is 18.1 Å². The van der Waals surface area contributed by atoms with E-state index in [4.69, 9.17) is 11.6 Å². The van der Waals surface area contributed by atoms with Gasteiger partial charge in [0.2, 0.25) is 0 Å². The van der Waals surface area contributed by atoms with E-state index in [2.05, 4.69) is 20.1 Å². The molecule has 1 rings (SSSR count). The quantitative estimate of drug-likeness (QED) is 0.603. The highest BCUT2D eigenvalue weighted by atomic mass is 35.5. The van der Waals surface area contributed by atoms with E-state index in [9.17, 15) is 32.3 Å². The Labute approximate surface area is 168 Å². The molecule has 0 unspecified atom stereocenters. The van der Waals surface area contributed by atoms with Gasteiger partial charge in [-0.05, 0) is 12.1 Å². The molecule has 2 N–H and O–H groups in total. The SMILES string of the molecule is CCC(=O)OCC(=O)Nc1cc(C(F)(F)F)cc(NC(=O)COC(=O)CC)c1Cl. The van der Waals surface area contributed by atoms with Crippen molar-refractivity contribution in [3.8, 4) is 0 Å². The van der Waals surface area contributed by atoms with Gasteiger partial charge in [-0.15, -0.1) is 0 Å². The molecule has 0 fully saturated rings. The number of benzene rings is 1. The Balaban J connectivity index is 3.05. The maximum Gasteiger partial charge on any atom is 0.416 e. The van der Waals surface area contributed by atoms with Crippen molar-refractivity contribution in [2.24, 2.45) is 0 Å². The second-order valence-electron chi connectivity index (χ2n) is 5.51. The lowest BCUT2D eigenvalue weighted by Crippen LogP contribution is -2.23. The topological polar surface area (TPSA) is 111 Å². The molecule has 29 heavy (non-hydrogen) atoms. The van der Waals surface area contributed by atoms with E-state index in [-0.39, 0.29) is 12.8 Å². The molecule has 0 heterocycles.